The van der Waals surface area contributed by atoms with Crippen molar-refractivity contribution in [3.05, 3.63) is 0 Å². The van der Waals surface area contributed by atoms with Gasteiger partial charge in [0.05, 0.1) is 6.54 Å². The summed E-state index contributed by atoms with van der Waals surface area (Å²) in [5, 5.41) is 8.33. The number of carboxylic acid groups (broad SMARTS) is 1. The molecule has 0 atom stereocenters. The van der Waals surface area contributed by atoms with Gasteiger partial charge < -0.3 is 5.11 Å². The van der Waals surface area contributed by atoms with Crippen molar-refractivity contribution in [2.45, 2.75) is 20.3 Å². The number of hydrogen-bond donors (Lipinski definition) is 1. The van der Waals surface area contributed by atoms with Crippen molar-refractivity contribution >= 4 is 5.97 Å². The van der Waals surface area contributed by atoms with Gasteiger partial charge in [-0.25, -0.2) is 0 Å². The Hall–Kier alpha value is -0.570. The summed E-state index contributed by atoms with van der Waals surface area (Å²) in [5.41, 5.74) is 0. The summed E-state index contributed by atoms with van der Waals surface area (Å²) in [6.07, 6.45) is 2.32. The molecule has 1 heterocycles. The summed E-state index contributed by atoms with van der Waals surface area (Å²) in [6.45, 7) is 2.15. The van der Waals surface area contributed by atoms with Crippen molar-refractivity contribution in [3.8, 4) is 0 Å². The molecule has 0 bridgehead atoms. The fourth-order valence-corrected chi connectivity index (χ4v) is 1.13. The van der Waals surface area contributed by atoms with E-state index in [2.05, 4.69) is 0 Å². The third-order valence-corrected chi connectivity index (χ3v) is 1.56. The van der Waals surface area contributed by atoms with Crippen molar-refractivity contribution in [3.63, 3.8) is 0 Å². The van der Waals surface area contributed by atoms with Gasteiger partial charge in [-0.3, -0.25) is 9.69 Å². The highest BCUT2D eigenvalue weighted by Crippen LogP contribution is 2.05. The van der Waals surface area contributed by atoms with E-state index in [1.807, 2.05) is 4.90 Å². The van der Waals surface area contributed by atoms with E-state index >= 15 is 0 Å². The summed E-state index contributed by atoms with van der Waals surface area (Å²) in [7, 11) is 0. The van der Waals surface area contributed by atoms with Crippen molar-refractivity contribution in [2.75, 3.05) is 19.6 Å². The van der Waals surface area contributed by atoms with Gasteiger partial charge in [0.2, 0.25) is 0 Å². The fourth-order valence-electron chi connectivity index (χ4n) is 1.13. The summed E-state index contributed by atoms with van der Waals surface area (Å²) < 4.78 is 0. The smallest absolute Gasteiger partial charge is 0.317 e. The zero-order chi connectivity index (χ0) is 6.69. The van der Waals surface area contributed by atoms with E-state index in [1.54, 1.807) is 0 Å². The molecule has 0 radical (unpaired) electrons. The molecule has 0 spiro atoms. The molecule has 0 aromatic heterocycles. The van der Waals surface area contributed by atoms with Crippen LogP contribution in [0.15, 0.2) is 0 Å². The Kier molecular flexibility index (Phi) is 4.03. The molecule has 1 rings (SSSR count). The van der Waals surface area contributed by atoms with Gasteiger partial charge in [0.1, 0.15) is 0 Å². The zero-order valence-electron chi connectivity index (χ0n) is 5.34. The van der Waals surface area contributed by atoms with Crippen LogP contribution in [0.2, 0.25) is 0 Å². The Labute approximate surface area is 61.6 Å². The van der Waals surface area contributed by atoms with Crippen molar-refractivity contribution in [2.24, 2.45) is 0 Å². The van der Waals surface area contributed by atoms with Crippen LogP contribution in [0.1, 0.15) is 20.3 Å². The lowest BCUT2D eigenvalue weighted by Gasteiger charge is -2.09. The number of nitrogens with zero attached hydrogens (tertiary/aromatic N) is 1. The average Bonchev–Trinajstić information content (AvgIpc) is 2.15. The molecule has 1 aliphatic heterocycles. The standard InChI is InChI=1S/C6H11NO2.CH4/c8-6(9)5-7-3-1-2-4-7;/h1-5H2,(H,8,9);1H4. The van der Waals surface area contributed by atoms with Crippen LogP contribution in [0, 0.1) is 0 Å². The normalized spacial score (nSPS) is 18.4. The lowest BCUT2D eigenvalue weighted by Crippen LogP contribution is -2.26. The second-order valence-corrected chi connectivity index (χ2v) is 2.38. The number of rotatable bonds is 2. The van der Waals surface area contributed by atoms with Gasteiger partial charge in [-0.2, -0.15) is 0 Å². The summed E-state index contributed by atoms with van der Waals surface area (Å²) in [5.74, 6) is -0.711. The van der Waals surface area contributed by atoms with Crippen LogP contribution in [-0.4, -0.2) is 35.6 Å². The maximum Gasteiger partial charge on any atom is 0.317 e. The number of likely N-dealkylation sites (tertiary alicyclic amines) is 1. The van der Waals surface area contributed by atoms with E-state index < -0.39 is 5.97 Å². The maximum atomic E-state index is 10.1. The Balaban J connectivity index is 0.000000810. The lowest BCUT2D eigenvalue weighted by molar-refractivity contribution is -0.138. The molecule has 1 fully saturated rings. The highest BCUT2D eigenvalue weighted by atomic mass is 16.4. The van der Waals surface area contributed by atoms with Gasteiger partial charge >= 0.3 is 5.97 Å². The van der Waals surface area contributed by atoms with Crippen LogP contribution >= 0.6 is 0 Å². The minimum Gasteiger partial charge on any atom is -0.480 e. The summed E-state index contributed by atoms with van der Waals surface area (Å²) in [4.78, 5) is 12.1. The molecule has 1 aliphatic rings. The van der Waals surface area contributed by atoms with Crippen LogP contribution in [0.4, 0.5) is 0 Å². The van der Waals surface area contributed by atoms with Gasteiger partial charge in [-0.1, -0.05) is 7.43 Å². The van der Waals surface area contributed by atoms with E-state index in [0.29, 0.717) is 0 Å². The van der Waals surface area contributed by atoms with Crippen molar-refractivity contribution < 1.29 is 9.90 Å². The molecule has 60 valence electrons. The van der Waals surface area contributed by atoms with Gasteiger partial charge in [0.15, 0.2) is 0 Å². The SMILES string of the molecule is C.O=C(O)CN1CCCC1. The Bertz CT molecular complexity index is 108. The van der Waals surface area contributed by atoms with Gasteiger partial charge in [0.25, 0.3) is 0 Å². The van der Waals surface area contributed by atoms with Gasteiger partial charge in [0, 0.05) is 0 Å². The Morgan fingerprint density at radius 2 is 1.90 bits per heavy atom. The third kappa shape index (κ3) is 2.82. The molecular weight excluding hydrogens is 130 g/mol. The minimum atomic E-state index is -0.711. The third-order valence-electron chi connectivity index (χ3n) is 1.56. The molecule has 0 aliphatic carbocycles. The van der Waals surface area contributed by atoms with Crippen LogP contribution in [0.5, 0.6) is 0 Å². The predicted molar refractivity (Wildman–Crippen MR) is 40.0 cm³/mol. The van der Waals surface area contributed by atoms with E-state index in [4.69, 9.17) is 5.11 Å². The minimum absolute atomic E-state index is 0. The van der Waals surface area contributed by atoms with Crippen LogP contribution in [-0.2, 0) is 4.79 Å². The molecule has 3 heteroatoms. The number of aliphatic carboxylic acids is 1. The molecule has 0 aromatic carbocycles. The molecule has 1 N–H and O–H groups in total. The largest absolute Gasteiger partial charge is 0.480 e. The molecule has 3 nitrogen and oxygen atoms in total. The predicted octanol–water partition coefficient (Wildman–Crippen LogP) is 0.803. The van der Waals surface area contributed by atoms with Crippen LogP contribution in [0.25, 0.3) is 0 Å². The van der Waals surface area contributed by atoms with Gasteiger partial charge in [-0.05, 0) is 25.9 Å². The lowest BCUT2D eigenvalue weighted by atomic mass is 10.4. The number of hydrogen-bond acceptors (Lipinski definition) is 2. The van der Waals surface area contributed by atoms with Crippen molar-refractivity contribution in [1.29, 1.82) is 0 Å². The highest BCUT2D eigenvalue weighted by Gasteiger charge is 2.13. The molecule has 0 amide bonds. The first-order valence-corrected chi connectivity index (χ1v) is 3.23. The van der Waals surface area contributed by atoms with Crippen LogP contribution < -0.4 is 0 Å². The molecular formula is C7H15NO2. The Morgan fingerprint density at radius 3 is 2.30 bits per heavy atom. The first-order chi connectivity index (χ1) is 4.29. The van der Waals surface area contributed by atoms with E-state index in [-0.39, 0.29) is 14.0 Å². The quantitative estimate of drug-likeness (QED) is 0.625. The fraction of sp³-hybridized carbons (Fsp3) is 0.857. The number of carbonyl (C=O) groups is 1. The van der Waals surface area contributed by atoms with E-state index in [9.17, 15) is 4.79 Å². The van der Waals surface area contributed by atoms with E-state index in [0.717, 1.165) is 25.9 Å². The molecule has 0 saturated carbocycles. The first kappa shape index (κ1) is 9.43. The zero-order valence-corrected chi connectivity index (χ0v) is 5.34. The molecule has 1 saturated heterocycles. The average molecular weight is 145 g/mol. The van der Waals surface area contributed by atoms with Crippen LogP contribution in [0.3, 0.4) is 0 Å². The Morgan fingerprint density at radius 1 is 1.40 bits per heavy atom. The maximum absolute atomic E-state index is 10.1. The molecule has 10 heavy (non-hydrogen) atoms. The first-order valence-electron chi connectivity index (χ1n) is 3.23. The number of carboxylic acids is 1. The monoisotopic (exact) mass is 145 g/mol. The van der Waals surface area contributed by atoms with E-state index in [1.165, 1.54) is 0 Å². The van der Waals surface area contributed by atoms with Crippen molar-refractivity contribution in [1.82, 2.24) is 4.90 Å². The highest BCUT2D eigenvalue weighted by molar-refractivity contribution is 5.69. The van der Waals surface area contributed by atoms with Gasteiger partial charge in [-0.15, -0.1) is 0 Å². The topological polar surface area (TPSA) is 40.5 Å². The summed E-state index contributed by atoms with van der Waals surface area (Å²) >= 11 is 0. The molecule has 0 aromatic rings. The summed E-state index contributed by atoms with van der Waals surface area (Å²) in [6, 6.07) is 0. The molecule has 0 unspecified atom stereocenters. The second kappa shape index (κ2) is 4.28. The second-order valence-electron chi connectivity index (χ2n) is 2.38.